The maximum atomic E-state index is 12.9. The molecule has 4 nitrogen and oxygen atoms in total. The molecule has 0 amide bonds. The number of fused-ring (bicyclic) bond motifs is 1. The van der Waals surface area contributed by atoms with Crippen LogP contribution < -0.4 is 4.74 Å². The van der Waals surface area contributed by atoms with E-state index in [1.807, 2.05) is 19.1 Å². The summed E-state index contributed by atoms with van der Waals surface area (Å²) in [7, 11) is 0. The number of hydrogen-bond acceptors (Lipinski definition) is 5. The number of aromatic nitrogens is 1. The van der Waals surface area contributed by atoms with Crippen LogP contribution in [0, 0.1) is 6.92 Å². The van der Waals surface area contributed by atoms with E-state index in [2.05, 4.69) is 0 Å². The van der Waals surface area contributed by atoms with Gasteiger partial charge < -0.3 is 9.84 Å². The molecule has 0 saturated heterocycles. The summed E-state index contributed by atoms with van der Waals surface area (Å²) in [6.45, 7) is 1.52. The molecule has 0 radical (unpaired) electrons. The van der Waals surface area contributed by atoms with Gasteiger partial charge in [0, 0.05) is 27.0 Å². The normalized spacial score (nSPS) is 16.1. The zero-order chi connectivity index (χ0) is 24.3. The van der Waals surface area contributed by atoms with Crippen LogP contribution in [0.5, 0.6) is 5.75 Å². The molecule has 3 aromatic rings. The highest BCUT2D eigenvalue weighted by Crippen LogP contribution is 2.40. The summed E-state index contributed by atoms with van der Waals surface area (Å²) in [5, 5.41) is 9.56. The number of thioether (sulfide) groups is 1. The molecule has 1 N–H and O–H groups in total. The van der Waals surface area contributed by atoms with Gasteiger partial charge in [0.15, 0.2) is 6.61 Å². The number of carbonyl (C=O) groups is 1. The number of rotatable bonds is 7. The number of halogens is 3. The van der Waals surface area contributed by atoms with Crippen molar-refractivity contribution >= 4 is 29.1 Å². The van der Waals surface area contributed by atoms with Crippen LogP contribution in [-0.2, 0) is 17.4 Å². The lowest BCUT2D eigenvalue weighted by Gasteiger charge is -2.14. The molecule has 2 aromatic carbocycles. The second-order valence-corrected chi connectivity index (χ2v) is 10.4. The van der Waals surface area contributed by atoms with Crippen LogP contribution in [0.3, 0.4) is 0 Å². The van der Waals surface area contributed by atoms with Crippen LogP contribution >= 0.6 is 23.1 Å². The maximum absolute atomic E-state index is 12.9. The number of alkyl halides is 3. The maximum Gasteiger partial charge on any atom is 0.416 e. The Bertz CT molecular complexity index is 1160. The average molecular weight is 508 g/mol. The number of aryl methyl sites for hydroxylation is 2. The molecular weight excluding hydrogens is 483 g/mol. The molecular formula is C25H24F3NO3S2. The Morgan fingerprint density at radius 2 is 1.97 bits per heavy atom. The fourth-order valence-corrected chi connectivity index (χ4v) is 6.31. The zero-order valence-corrected chi connectivity index (χ0v) is 20.2. The molecule has 1 heterocycles. The standard InChI is InChI=1S/C25H24F3NO3S2/c1-15-12-19(10-11-20(15)32-13-22(30)31)33-14-17-4-2-3-5-21-23(17)29-24(34-21)16-6-8-18(9-7-16)25(26,27)28/h6-12,17H,2-5,13-14H2,1H3,(H,30,31). The molecule has 0 saturated carbocycles. The first-order valence-electron chi connectivity index (χ1n) is 11.0. The summed E-state index contributed by atoms with van der Waals surface area (Å²) in [5.41, 5.74) is 2.01. The molecule has 0 bridgehead atoms. The molecule has 0 aliphatic heterocycles. The Balaban J connectivity index is 1.48. The van der Waals surface area contributed by atoms with Gasteiger partial charge in [-0.2, -0.15) is 13.2 Å². The Labute approximate surface area is 204 Å². The van der Waals surface area contributed by atoms with Gasteiger partial charge in [-0.3, -0.25) is 0 Å². The Morgan fingerprint density at radius 1 is 1.21 bits per heavy atom. The third-order valence-corrected chi connectivity index (χ3v) is 8.06. The van der Waals surface area contributed by atoms with E-state index in [9.17, 15) is 18.0 Å². The SMILES string of the molecule is Cc1cc(SCC2CCCCc3sc(-c4ccc(C(F)(F)F)cc4)nc32)ccc1OCC(=O)O. The highest BCUT2D eigenvalue weighted by Gasteiger charge is 2.30. The number of aliphatic carboxylic acids is 1. The third-order valence-electron chi connectivity index (χ3n) is 5.73. The predicted molar refractivity (Wildman–Crippen MR) is 128 cm³/mol. The Hall–Kier alpha value is -2.52. The molecule has 0 spiro atoms. The molecule has 0 fully saturated rings. The molecule has 1 aromatic heterocycles. The van der Waals surface area contributed by atoms with Gasteiger partial charge in [0.2, 0.25) is 0 Å². The topological polar surface area (TPSA) is 59.4 Å². The lowest BCUT2D eigenvalue weighted by atomic mass is 10.0. The van der Waals surface area contributed by atoms with E-state index in [1.54, 1.807) is 29.2 Å². The highest BCUT2D eigenvalue weighted by atomic mass is 32.2. The van der Waals surface area contributed by atoms with Crippen LogP contribution in [0.15, 0.2) is 47.4 Å². The van der Waals surface area contributed by atoms with Crippen molar-refractivity contribution in [3.8, 4) is 16.3 Å². The van der Waals surface area contributed by atoms with Crippen molar-refractivity contribution in [2.45, 2.75) is 49.6 Å². The van der Waals surface area contributed by atoms with Gasteiger partial charge in [-0.25, -0.2) is 9.78 Å². The van der Waals surface area contributed by atoms with Crippen molar-refractivity contribution in [1.82, 2.24) is 4.98 Å². The minimum absolute atomic E-state index is 0.269. The van der Waals surface area contributed by atoms with Crippen molar-refractivity contribution in [1.29, 1.82) is 0 Å². The van der Waals surface area contributed by atoms with Gasteiger partial charge >= 0.3 is 12.1 Å². The second kappa shape index (κ2) is 10.4. The predicted octanol–water partition coefficient (Wildman–Crippen LogP) is 7.20. The monoisotopic (exact) mass is 507 g/mol. The minimum atomic E-state index is -4.35. The van der Waals surface area contributed by atoms with Crippen LogP contribution in [0.2, 0.25) is 0 Å². The lowest BCUT2D eigenvalue weighted by Crippen LogP contribution is -2.10. The number of nitrogens with zero attached hydrogens (tertiary/aromatic N) is 1. The second-order valence-electron chi connectivity index (χ2n) is 8.27. The molecule has 1 aliphatic carbocycles. The van der Waals surface area contributed by atoms with Gasteiger partial charge in [0.05, 0.1) is 11.3 Å². The fourth-order valence-electron chi connectivity index (χ4n) is 3.97. The first-order valence-corrected chi connectivity index (χ1v) is 12.8. The van der Waals surface area contributed by atoms with E-state index < -0.39 is 17.7 Å². The van der Waals surface area contributed by atoms with Crippen LogP contribution in [-0.4, -0.2) is 28.4 Å². The smallest absolute Gasteiger partial charge is 0.416 e. The molecule has 1 unspecified atom stereocenters. The van der Waals surface area contributed by atoms with Crippen LogP contribution in [0.1, 0.15) is 46.9 Å². The van der Waals surface area contributed by atoms with Gasteiger partial charge in [-0.1, -0.05) is 18.6 Å². The van der Waals surface area contributed by atoms with E-state index >= 15 is 0 Å². The van der Waals surface area contributed by atoms with E-state index in [-0.39, 0.29) is 12.5 Å². The van der Waals surface area contributed by atoms with Crippen molar-refractivity contribution in [3.05, 3.63) is 64.2 Å². The van der Waals surface area contributed by atoms with Gasteiger partial charge in [0.25, 0.3) is 0 Å². The molecule has 180 valence electrons. The summed E-state index contributed by atoms with van der Waals surface area (Å²) in [6.07, 6.45) is -0.180. The number of ether oxygens (including phenoxy) is 1. The summed E-state index contributed by atoms with van der Waals surface area (Å²) < 4.78 is 44.0. The van der Waals surface area contributed by atoms with Crippen molar-refractivity contribution in [2.75, 3.05) is 12.4 Å². The van der Waals surface area contributed by atoms with Gasteiger partial charge in [0.1, 0.15) is 10.8 Å². The van der Waals surface area contributed by atoms with E-state index in [4.69, 9.17) is 14.8 Å². The molecule has 34 heavy (non-hydrogen) atoms. The fraction of sp³-hybridized carbons (Fsp3) is 0.360. The molecule has 1 aliphatic rings. The third kappa shape index (κ3) is 5.93. The van der Waals surface area contributed by atoms with Crippen molar-refractivity contribution in [2.24, 2.45) is 0 Å². The number of carboxylic acids is 1. The summed E-state index contributed by atoms with van der Waals surface area (Å²) in [6, 6.07) is 11.0. The van der Waals surface area contributed by atoms with Gasteiger partial charge in [-0.05, 0) is 62.1 Å². The first-order chi connectivity index (χ1) is 16.2. The quantitative estimate of drug-likeness (QED) is 0.271. The van der Waals surface area contributed by atoms with E-state index in [1.165, 1.54) is 17.0 Å². The highest BCUT2D eigenvalue weighted by molar-refractivity contribution is 7.99. The largest absolute Gasteiger partial charge is 0.482 e. The number of hydrogen-bond donors (Lipinski definition) is 1. The van der Waals surface area contributed by atoms with Crippen molar-refractivity contribution in [3.63, 3.8) is 0 Å². The number of carboxylic acid groups (broad SMARTS) is 1. The van der Waals surface area contributed by atoms with E-state index in [0.717, 1.165) is 64.7 Å². The lowest BCUT2D eigenvalue weighted by molar-refractivity contribution is -0.139. The zero-order valence-electron chi connectivity index (χ0n) is 18.5. The Kier molecular flexibility index (Phi) is 7.52. The summed E-state index contributed by atoms with van der Waals surface area (Å²) in [4.78, 5) is 17.9. The Morgan fingerprint density at radius 3 is 2.65 bits per heavy atom. The summed E-state index contributed by atoms with van der Waals surface area (Å²) in [5.74, 6) is 0.660. The number of thiazole rings is 1. The molecule has 1 atom stereocenters. The average Bonchev–Trinajstić information content (AvgIpc) is 3.12. The minimum Gasteiger partial charge on any atom is -0.482 e. The van der Waals surface area contributed by atoms with Crippen LogP contribution in [0.4, 0.5) is 13.2 Å². The van der Waals surface area contributed by atoms with Gasteiger partial charge in [-0.15, -0.1) is 23.1 Å². The molecule has 4 rings (SSSR count). The number of benzene rings is 2. The van der Waals surface area contributed by atoms with Crippen molar-refractivity contribution < 1.29 is 27.8 Å². The van der Waals surface area contributed by atoms with Crippen LogP contribution in [0.25, 0.3) is 10.6 Å². The first kappa shape index (κ1) is 24.6. The van der Waals surface area contributed by atoms with E-state index in [0.29, 0.717) is 11.3 Å². The molecule has 9 heteroatoms. The summed E-state index contributed by atoms with van der Waals surface area (Å²) >= 11 is 3.31.